The SMILES string of the molecule is CCCc1nc(NC)cc(Sc2nccc(=O)[nH]2)n1. The molecule has 7 heteroatoms. The van der Waals surface area contributed by atoms with Gasteiger partial charge in [0, 0.05) is 31.8 Å². The number of aromatic amines is 1. The van der Waals surface area contributed by atoms with E-state index in [1.165, 1.54) is 24.0 Å². The van der Waals surface area contributed by atoms with Crippen molar-refractivity contribution in [3.05, 3.63) is 34.5 Å². The number of hydrogen-bond donors (Lipinski definition) is 2. The number of hydrogen-bond acceptors (Lipinski definition) is 6. The highest BCUT2D eigenvalue weighted by atomic mass is 32.2. The topological polar surface area (TPSA) is 83.6 Å². The van der Waals surface area contributed by atoms with Gasteiger partial charge in [-0.15, -0.1) is 0 Å². The molecule has 2 aromatic rings. The summed E-state index contributed by atoms with van der Waals surface area (Å²) in [6.07, 6.45) is 3.29. The molecule has 2 rings (SSSR count). The summed E-state index contributed by atoms with van der Waals surface area (Å²) < 4.78 is 0. The van der Waals surface area contributed by atoms with Crippen LogP contribution in [0.5, 0.6) is 0 Å². The summed E-state index contributed by atoms with van der Waals surface area (Å²) in [6, 6.07) is 3.21. The zero-order valence-corrected chi connectivity index (χ0v) is 11.6. The lowest BCUT2D eigenvalue weighted by molar-refractivity contribution is 0.810. The van der Waals surface area contributed by atoms with Crippen molar-refractivity contribution in [1.82, 2.24) is 19.9 Å². The Morgan fingerprint density at radius 1 is 1.42 bits per heavy atom. The number of H-pyrrole nitrogens is 1. The Morgan fingerprint density at radius 2 is 2.26 bits per heavy atom. The van der Waals surface area contributed by atoms with Gasteiger partial charge in [-0.2, -0.15) is 0 Å². The van der Waals surface area contributed by atoms with Gasteiger partial charge in [0.05, 0.1) is 0 Å². The third-order valence-electron chi connectivity index (χ3n) is 2.33. The standard InChI is InChI=1S/C12H15N5OS/c1-3-4-8-15-9(13-2)7-11(16-8)19-12-14-6-5-10(18)17-12/h5-7H,3-4H2,1-2H3,(H,13,15,16)(H,14,17,18). The molecule has 0 radical (unpaired) electrons. The molecule has 19 heavy (non-hydrogen) atoms. The lowest BCUT2D eigenvalue weighted by Crippen LogP contribution is -2.06. The lowest BCUT2D eigenvalue weighted by Gasteiger charge is -2.06. The highest BCUT2D eigenvalue weighted by Crippen LogP contribution is 2.23. The summed E-state index contributed by atoms with van der Waals surface area (Å²) in [7, 11) is 1.81. The summed E-state index contributed by atoms with van der Waals surface area (Å²) in [5.41, 5.74) is -0.172. The van der Waals surface area contributed by atoms with Crippen molar-refractivity contribution in [3.63, 3.8) is 0 Å². The highest BCUT2D eigenvalue weighted by molar-refractivity contribution is 7.99. The quantitative estimate of drug-likeness (QED) is 0.639. The first kappa shape index (κ1) is 13.5. The summed E-state index contributed by atoms with van der Waals surface area (Å²) in [5.74, 6) is 1.55. The zero-order chi connectivity index (χ0) is 13.7. The van der Waals surface area contributed by atoms with E-state index in [2.05, 4.69) is 32.2 Å². The molecule has 0 saturated heterocycles. The minimum atomic E-state index is -0.172. The van der Waals surface area contributed by atoms with Crippen LogP contribution in [0.1, 0.15) is 19.2 Å². The van der Waals surface area contributed by atoms with Crippen LogP contribution in [-0.2, 0) is 6.42 Å². The van der Waals surface area contributed by atoms with E-state index < -0.39 is 0 Å². The van der Waals surface area contributed by atoms with Crippen LogP contribution in [-0.4, -0.2) is 27.0 Å². The second-order valence-electron chi connectivity index (χ2n) is 3.85. The van der Waals surface area contributed by atoms with Crippen LogP contribution in [0, 0.1) is 0 Å². The molecule has 0 unspecified atom stereocenters. The molecule has 0 atom stereocenters. The van der Waals surface area contributed by atoms with Crippen LogP contribution in [0.3, 0.4) is 0 Å². The van der Waals surface area contributed by atoms with Gasteiger partial charge in [0.2, 0.25) is 0 Å². The predicted octanol–water partition coefficient (Wildman–Crippen LogP) is 1.71. The van der Waals surface area contributed by atoms with Gasteiger partial charge < -0.3 is 10.3 Å². The number of rotatable bonds is 5. The molecule has 0 aliphatic rings. The van der Waals surface area contributed by atoms with Crippen molar-refractivity contribution in [2.45, 2.75) is 29.9 Å². The minimum absolute atomic E-state index is 0.172. The predicted molar refractivity (Wildman–Crippen MR) is 74.6 cm³/mol. The molecule has 0 saturated carbocycles. The van der Waals surface area contributed by atoms with Gasteiger partial charge >= 0.3 is 0 Å². The third kappa shape index (κ3) is 3.78. The molecule has 0 aromatic carbocycles. The molecule has 0 aliphatic carbocycles. The van der Waals surface area contributed by atoms with Crippen molar-refractivity contribution in [1.29, 1.82) is 0 Å². The Hall–Kier alpha value is -1.89. The summed E-state index contributed by atoms with van der Waals surface area (Å²) in [6.45, 7) is 2.08. The number of nitrogens with zero attached hydrogens (tertiary/aromatic N) is 3. The summed E-state index contributed by atoms with van der Waals surface area (Å²) >= 11 is 1.31. The van der Waals surface area contributed by atoms with Gasteiger partial charge in [0.15, 0.2) is 5.16 Å². The van der Waals surface area contributed by atoms with E-state index in [4.69, 9.17) is 0 Å². The van der Waals surface area contributed by atoms with E-state index in [0.29, 0.717) is 5.16 Å². The van der Waals surface area contributed by atoms with Crippen molar-refractivity contribution in [2.75, 3.05) is 12.4 Å². The van der Waals surface area contributed by atoms with Crippen LogP contribution in [0.4, 0.5) is 5.82 Å². The van der Waals surface area contributed by atoms with E-state index in [9.17, 15) is 4.79 Å². The first-order chi connectivity index (χ1) is 9.21. The van der Waals surface area contributed by atoms with E-state index in [0.717, 1.165) is 29.5 Å². The third-order valence-corrected chi connectivity index (χ3v) is 3.15. The van der Waals surface area contributed by atoms with E-state index in [-0.39, 0.29) is 5.56 Å². The molecule has 0 bridgehead atoms. The van der Waals surface area contributed by atoms with Crippen LogP contribution in [0.15, 0.2) is 33.3 Å². The van der Waals surface area contributed by atoms with E-state index in [1.54, 1.807) is 0 Å². The smallest absolute Gasteiger partial charge is 0.251 e. The van der Waals surface area contributed by atoms with Gasteiger partial charge in [-0.05, 0) is 18.2 Å². The van der Waals surface area contributed by atoms with Crippen molar-refractivity contribution >= 4 is 17.6 Å². The average molecular weight is 277 g/mol. The van der Waals surface area contributed by atoms with E-state index in [1.807, 2.05) is 13.1 Å². The lowest BCUT2D eigenvalue weighted by atomic mass is 10.3. The second-order valence-corrected chi connectivity index (χ2v) is 4.86. The van der Waals surface area contributed by atoms with E-state index >= 15 is 0 Å². The maximum Gasteiger partial charge on any atom is 0.251 e. The maximum absolute atomic E-state index is 11.2. The summed E-state index contributed by atoms with van der Waals surface area (Å²) in [5, 5.41) is 4.29. The maximum atomic E-state index is 11.2. The molecule has 0 amide bonds. The number of aryl methyl sites for hydroxylation is 1. The Kier molecular flexibility index (Phi) is 4.51. The fourth-order valence-electron chi connectivity index (χ4n) is 1.49. The molecule has 2 aromatic heterocycles. The second kappa shape index (κ2) is 6.33. The Balaban J connectivity index is 2.28. The van der Waals surface area contributed by atoms with Gasteiger partial charge in [-0.1, -0.05) is 6.92 Å². The molecule has 100 valence electrons. The van der Waals surface area contributed by atoms with Gasteiger partial charge in [0.25, 0.3) is 5.56 Å². The van der Waals surface area contributed by atoms with Crippen molar-refractivity contribution in [2.24, 2.45) is 0 Å². The largest absolute Gasteiger partial charge is 0.373 e. The van der Waals surface area contributed by atoms with Crippen LogP contribution in [0.25, 0.3) is 0 Å². The number of nitrogens with one attached hydrogen (secondary N) is 2. The molecule has 2 heterocycles. The Labute approximate surface area is 115 Å². The number of anilines is 1. The zero-order valence-electron chi connectivity index (χ0n) is 10.8. The van der Waals surface area contributed by atoms with Crippen LogP contribution in [0.2, 0.25) is 0 Å². The van der Waals surface area contributed by atoms with Crippen molar-refractivity contribution in [3.8, 4) is 0 Å². The van der Waals surface area contributed by atoms with Crippen molar-refractivity contribution < 1.29 is 0 Å². The van der Waals surface area contributed by atoms with Gasteiger partial charge in [0.1, 0.15) is 16.7 Å². The molecule has 0 aliphatic heterocycles. The normalized spacial score (nSPS) is 10.4. The summed E-state index contributed by atoms with van der Waals surface area (Å²) in [4.78, 5) is 26.8. The molecule has 6 nitrogen and oxygen atoms in total. The highest BCUT2D eigenvalue weighted by Gasteiger charge is 2.06. The molecule has 2 N–H and O–H groups in total. The van der Waals surface area contributed by atoms with Crippen LogP contribution >= 0.6 is 11.8 Å². The Bertz CT molecular complexity index is 613. The minimum Gasteiger partial charge on any atom is -0.373 e. The van der Waals surface area contributed by atoms with Crippen LogP contribution < -0.4 is 10.9 Å². The molecular weight excluding hydrogens is 262 g/mol. The molecule has 0 spiro atoms. The number of aromatic nitrogens is 4. The molecular formula is C12H15N5OS. The molecule has 0 fully saturated rings. The first-order valence-corrected chi connectivity index (χ1v) is 6.82. The van der Waals surface area contributed by atoms with Gasteiger partial charge in [-0.25, -0.2) is 15.0 Å². The average Bonchev–Trinajstić information content (AvgIpc) is 2.39. The van der Waals surface area contributed by atoms with Gasteiger partial charge in [-0.3, -0.25) is 4.79 Å². The Morgan fingerprint density at radius 3 is 2.95 bits per heavy atom. The first-order valence-electron chi connectivity index (χ1n) is 6.00. The fourth-order valence-corrected chi connectivity index (χ4v) is 2.28. The monoisotopic (exact) mass is 277 g/mol. The fraction of sp³-hybridized carbons (Fsp3) is 0.333.